The van der Waals surface area contributed by atoms with E-state index < -0.39 is 21.7 Å². The van der Waals surface area contributed by atoms with Crippen LogP contribution in [0.4, 0.5) is 0 Å². The van der Waals surface area contributed by atoms with Crippen LogP contribution in [0.3, 0.4) is 0 Å². The summed E-state index contributed by atoms with van der Waals surface area (Å²) < 4.78 is 24.0. The summed E-state index contributed by atoms with van der Waals surface area (Å²) in [6.45, 7) is 1.37. The predicted octanol–water partition coefficient (Wildman–Crippen LogP) is 0.177. The highest BCUT2D eigenvalue weighted by atomic mass is 32.2. The van der Waals surface area contributed by atoms with Crippen LogP contribution < -0.4 is 4.72 Å². The van der Waals surface area contributed by atoms with Crippen LogP contribution in [0.5, 0.6) is 11.5 Å². The highest BCUT2D eigenvalue weighted by molar-refractivity contribution is 7.90. The summed E-state index contributed by atoms with van der Waals surface area (Å²) in [5.74, 6) is -1.87. The van der Waals surface area contributed by atoms with Gasteiger partial charge in [0.15, 0.2) is 0 Å². The van der Waals surface area contributed by atoms with Crippen LogP contribution in [-0.4, -0.2) is 30.3 Å². The Kier molecular flexibility index (Phi) is 3.38. The van der Waals surface area contributed by atoms with Crippen molar-refractivity contribution in [2.75, 3.05) is 5.75 Å². The highest BCUT2D eigenvalue weighted by Crippen LogP contribution is 2.21. The first-order valence-corrected chi connectivity index (χ1v) is 6.07. The third kappa shape index (κ3) is 2.86. The smallest absolute Gasteiger partial charge is 0.268 e. The van der Waals surface area contributed by atoms with Gasteiger partial charge in [-0.1, -0.05) is 0 Å². The fourth-order valence-electron chi connectivity index (χ4n) is 0.974. The molecule has 3 N–H and O–H groups in total. The van der Waals surface area contributed by atoms with E-state index in [0.717, 1.165) is 12.1 Å². The molecular formula is C9H11NO5S. The molecule has 0 aromatic heterocycles. The third-order valence-electron chi connectivity index (χ3n) is 1.85. The van der Waals surface area contributed by atoms with Gasteiger partial charge in [-0.2, -0.15) is 0 Å². The molecule has 0 aliphatic heterocycles. The summed E-state index contributed by atoms with van der Waals surface area (Å²) in [5.41, 5.74) is -0.294. The van der Waals surface area contributed by atoms with Gasteiger partial charge in [0.1, 0.15) is 11.5 Å². The zero-order chi connectivity index (χ0) is 12.3. The molecule has 1 rings (SSSR count). The molecular weight excluding hydrogens is 234 g/mol. The molecule has 0 spiro atoms. The molecule has 6 nitrogen and oxygen atoms in total. The van der Waals surface area contributed by atoms with Crippen LogP contribution in [-0.2, 0) is 10.0 Å². The minimum Gasteiger partial charge on any atom is -0.508 e. The number of carbonyl (C=O) groups is 1. The number of nitrogens with one attached hydrogen (secondary N) is 1. The Balaban J connectivity index is 3.02. The summed E-state index contributed by atoms with van der Waals surface area (Å²) in [5, 5.41) is 18.4. The van der Waals surface area contributed by atoms with E-state index in [2.05, 4.69) is 0 Å². The van der Waals surface area contributed by atoms with Gasteiger partial charge in [0.05, 0.1) is 11.3 Å². The molecule has 16 heavy (non-hydrogen) atoms. The Labute approximate surface area is 92.6 Å². The van der Waals surface area contributed by atoms with Crippen LogP contribution in [0, 0.1) is 0 Å². The number of rotatable bonds is 3. The number of sulfonamides is 1. The Morgan fingerprint density at radius 2 is 2.00 bits per heavy atom. The second-order valence-electron chi connectivity index (χ2n) is 3.04. The molecule has 0 aliphatic carbocycles. The first-order chi connectivity index (χ1) is 7.35. The molecule has 0 heterocycles. The van der Waals surface area contributed by atoms with Crippen molar-refractivity contribution in [3.63, 3.8) is 0 Å². The van der Waals surface area contributed by atoms with Crippen LogP contribution >= 0.6 is 0 Å². The maximum atomic E-state index is 11.4. The van der Waals surface area contributed by atoms with E-state index >= 15 is 0 Å². The van der Waals surface area contributed by atoms with Gasteiger partial charge >= 0.3 is 0 Å². The Bertz CT molecular complexity index is 509. The first-order valence-electron chi connectivity index (χ1n) is 4.42. The average molecular weight is 245 g/mol. The normalized spacial score (nSPS) is 11.1. The van der Waals surface area contributed by atoms with Crippen molar-refractivity contribution in [2.45, 2.75) is 6.92 Å². The van der Waals surface area contributed by atoms with E-state index in [1.54, 1.807) is 4.72 Å². The van der Waals surface area contributed by atoms with Crippen molar-refractivity contribution in [1.29, 1.82) is 0 Å². The van der Waals surface area contributed by atoms with Gasteiger partial charge < -0.3 is 10.2 Å². The third-order valence-corrected chi connectivity index (χ3v) is 3.11. The van der Waals surface area contributed by atoms with Crippen molar-refractivity contribution in [1.82, 2.24) is 4.72 Å². The summed E-state index contributed by atoms with van der Waals surface area (Å²) in [4.78, 5) is 11.4. The number of carbonyl (C=O) groups excluding carboxylic acids is 1. The topological polar surface area (TPSA) is 104 Å². The lowest BCUT2D eigenvalue weighted by atomic mass is 10.2. The van der Waals surface area contributed by atoms with Crippen LogP contribution in [0.25, 0.3) is 0 Å². The van der Waals surface area contributed by atoms with E-state index in [1.807, 2.05) is 0 Å². The molecule has 0 unspecified atom stereocenters. The Hall–Kier alpha value is -1.76. The van der Waals surface area contributed by atoms with Crippen molar-refractivity contribution in [2.24, 2.45) is 0 Å². The molecule has 0 fully saturated rings. The van der Waals surface area contributed by atoms with Gasteiger partial charge in [-0.25, -0.2) is 13.1 Å². The monoisotopic (exact) mass is 245 g/mol. The SMILES string of the molecule is CCS(=O)(=O)NC(=O)c1cc(O)ccc1O. The standard InChI is InChI=1S/C9H11NO5S/c1-2-16(14,15)10-9(13)7-5-6(11)3-4-8(7)12/h3-5,11-12H,2H2,1H3,(H,10,13). The van der Waals surface area contributed by atoms with Gasteiger partial charge in [-0.15, -0.1) is 0 Å². The van der Waals surface area contributed by atoms with E-state index in [9.17, 15) is 18.3 Å². The molecule has 0 aliphatic rings. The van der Waals surface area contributed by atoms with Crippen molar-refractivity contribution in [3.8, 4) is 11.5 Å². The van der Waals surface area contributed by atoms with Gasteiger partial charge in [0, 0.05) is 0 Å². The second kappa shape index (κ2) is 4.40. The summed E-state index contributed by atoms with van der Waals surface area (Å²) >= 11 is 0. The zero-order valence-electron chi connectivity index (χ0n) is 8.47. The zero-order valence-corrected chi connectivity index (χ0v) is 9.28. The molecule has 0 saturated heterocycles. The number of benzene rings is 1. The largest absolute Gasteiger partial charge is 0.508 e. The van der Waals surface area contributed by atoms with E-state index in [4.69, 9.17) is 5.11 Å². The maximum absolute atomic E-state index is 11.4. The summed E-state index contributed by atoms with van der Waals surface area (Å²) in [6.07, 6.45) is 0. The number of phenols is 2. The van der Waals surface area contributed by atoms with Crippen molar-refractivity contribution >= 4 is 15.9 Å². The van der Waals surface area contributed by atoms with Gasteiger partial charge in [-0.3, -0.25) is 4.79 Å². The minimum atomic E-state index is -3.69. The molecule has 0 bridgehead atoms. The van der Waals surface area contributed by atoms with Crippen LogP contribution in [0.15, 0.2) is 18.2 Å². The Morgan fingerprint density at radius 1 is 1.38 bits per heavy atom. The first kappa shape index (κ1) is 12.3. The lowest BCUT2D eigenvalue weighted by Crippen LogP contribution is -2.31. The minimum absolute atomic E-state index is 0.239. The molecule has 88 valence electrons. The number of aromatic hydroxyl groups is 2. The van der Waals surface area contributed by atoms with Crippen LogP contribution in [0.1, 0.15) is 17.3 Å². The molecule has 1 amide bonds. The van der Waals surface area contributed by atoms with Gasteiger partial charge in [0.25, 0.3) is 5.91 Å². The quantitative estimate of drug-likeness (QED) is 0.659. The summed E-state index contributed by atoms with van der Waals surface area (Å²) in [7, 11) is -3.69. The van der Waals surface area contributed by atoms with E-state index in [0.29, 0.717) is 0 Å². The molecule has 0 radical (unpaired) electrons. The lowest BCUT2D eigenvalue weighted by Gasteiger charge is -2.06. The summed E-state index contributed by atoms with van der Waals surface area (Å²) in [6, 6.07) is 3.26. The van der Waals surface area contributed by atoms with E-state index in [-0.39, 0.29) is 17.1 Å². The fraction of sp³-hybridized carbons (Fsp3) is 0.222. The molecule has 0 atom stereocenters. The van der Waals surface area contributed by atoms with Crippen molar-refractivity contribution < 1.29 is 23.4 Å². The average Bonchev–Trinajstić information content (AvgIpc) is 2.21. The maximum Gasteiger partial charge on any atom is 0.268 e. The number of amides is 1. The van der Waals surface area contributed by atoms with Gasteiger partial charge in [0.2, 0.25) is 10.0 Å². The fourth-order valence-corrected chi connectivity index (χ4v) is 1.51. The lowest BCUT2D eigenvalue weighted by molar-refractivity contribution is 0.0978. The number of hydrogen-bond acceptors (Lipinski definition) is 5. The Morgan fingerprint density at radius 3 is 2.56 bits per heavy atom. The second-order valence-corrected chi connectivity index (χ2v) is 5.05. The van der Waals surface area contributed by atoms with Crippen LogP contribution in [0.2, 0.25) is 0 Å². The molecule has 1 aromatic rings. The van der Waals surface area contributed by atoms with Crippen molar-refractivity contribution in [3.05, 3.63) is 23.8 Å². The predicted molar refractivity (Wildman–Crippen MR) is 56.7 cm³/mol. The highest BCUT2D eigenvalue weighted by Gasteiger charge is 2.17. The van der Waals surface area contributed by atoms with E-state index in [1.165, 1.54) is 13.0 Å². The molecule has 1 aromatic carbocycles. The number of hydrogen-bond donors (Lipinski definition) is 3. The molecule has 0 saturated carbocycles. The molecule has 7 heteroatoms. The van der Waals surface area contributed by atoms with Gasteiger partial charge in [-0.05, 0) is 25.1 Å². The number of phenolic OH excluding ortho intramolecular Hbond substituents is 2.